The number of nitrogens with one attached hydrogen (secondary N) is 1. The fraction of sp³-hybridized carbons (Fsp3) is 0.579. The molecular weight excluding hydrogens is 320 g/mol. The van der Waals surface area contributed by atoms with Gasteiger partial charge in [0.2, 0.25) is 0 Å². The first kappa shape index (κ1) is 19.2. The lowest BCUT2D eigenvalue weighted by molar-refractivity contribution is -0.204. The maximum atomic E-state index is 11.9. The molecule has 0 atom stereocenters. The lowest BCUT2D eigenvalue weighted by atomic mass is 9.90. The molecule has 1 aromatic carbocycles. The van der Waals surface area contributed by atoms with Gasteiger partial charge in [0.05, 0.1) is 12.0 Å². The Balaban J connectivity index is 1.84. The summed E-state index contributed by atoms with van der Waals surface area (Å²) >= 11 is 0. The number of hydroxylamine groups is 2. The van der Waals surface area contributed by atoms with Gasteiger partial charge in [-0.15, -0.1) is 5.06 Å². The van der Waals surface area contributed by atoms with Gasteiger partial charge in [-0.25, -0.2) is 9.59 Å². The Bertz CT molecular complexity index is 584. The number of ether oxygens (including phenoxy) is 1. The van der Waals surface area contributed by atoms with Crippen molar-refractivity contribution in [2.75, 3.05) is 25.0 Å². The third-order valence-corrected chi connectivity index (χ3v) is 4.18. The van der Waals surface area contributed by atoms with Gasteiger partial charge in [0.15, 0.2) is 0 Å². The van der Waals surface area contributed by atoms with Crippen LogP contribution in [0.1, 0.15) is 52.0 Å². The zero-order valence-corrected chi connectivity index (χ0v) is 15.5. The van der Waals surface area contributed by atoms with Crippen molar-refractivity contribution in [2.24, 2.45) is 5.41 Å². The SMILES string of the molecule is CCOC(=O)Nc1ccc(C2CCN(OC(=O)C(C)(C)C)CC2)cc1. The maximum absolute atomic E-state index is 11.9. The van der Waals surface area contributed by atoms with Gasteiger partial charge in [0.25, 0.3) is 0 Å². The molecule has 1 heterocycles. The molecule has 6 heteroatoms. The van der Waals surface area contributed by atoms with E-state index in [1.807, 2.05) is 45.0 Å². The van der Waals surface area contributed by atoms with Crippen molar-refractivity contribution in [3.8, 4) is 0 Å². The van der Waals surface area contributed by atoms with Gasteiger partial charge in [0.1, 0.15) is 0 Å². The molecule has 1 amide bonds. The lowest BCUT2D eigenvalue weighted by Gasteiger charge is -2.32. The minimum Gasteiger partial charge on any atom is -0.450 e. The van der Waals surface area contributed by atoms with E-state index in [1.165, 1.54) is 5.56 Å². The highest BCUT2D eigenvalue weighted by Crippen LogP contribution is 2.29. The number of rotatable bonds is 4. The molecule has 1 fully saturated rings. The van der Waals surface area contributed by atoms with Crippen LogP contribution in [-0.4, -0.2) is 36.8 Å². The minimum atomic E-state index is -0.487. The normalized spacial score (nSPS) is 16.3. The Morgan fingerprint density at radius 2 is 1.76 bits per heavy atom. The van der Waals surface area contributed by atoms with Gasteiger partial charge >= 0.3 is 12.1 Å². The number of hydrogen-bond acceptors (Lipinski definition) is 5. The summed E-state index contributed by atoms with van der Waals surface area (Å²) < 4.78 is 4.86. The highest BCUT2D eigenvalue weighted by atomic mass is 16.7. The molecule has 0 aromatic heterocycles. The van der Waals surface area contributed by atoms with E-state index in [0.29, 0.717) is 12.5 Å². The quantitative estimate of drug-likeness (QED) is 0.893. The Morgan fingerprint density at radius 3 is 2.28 bits per heavy atom. The van der Waals surface area contributed by atoms with Gasteiger partial charge in [0, 0.05) is 18.8 Å². The molecule has 1 N–H and O–H groups in total. The Hall–Kier alpha value is -2.08. The molecule has 6 nitrogen and oxygen atoms in total. The van der Waals surface area contributed by atoms with Crippen LogP contribution in [0.25, 0.3) is 0 Å². The second kappa shape index (κ2) is 8.34. The van der Waals surface area contributed by atoms with Gasteiger partial charge in [-0.3, -0.25) is 5.32 Å². The van der Waals surface area contributed by atoms with Gasteiger partial charge in [-0.1, -0.05) is 12.1 Å². The summed E-state index contributed by atoms with van der Waals surface area (Å²) in [6, 6.07) is 7.84. The predicted molar refractivity (Wildman–Crippen MR) is 96.2 cm³/mol. The van der Waals surface area contributed by atoms with Crippen molar-refractivity contribution < 1.29 is 19.2 Å². The van der Waals surface area contributed by atoms with E-state index < -0.39 is 11.5 Å². The van der Waals surface area contributed by atoms with E-state index in [1.54, 1.807) is 12.0 Å². The Kier molecular flexibility index (Phi) is 6.42. The highest BCUT2D eigenvalue weighted by molar-refractivity contribution is 5.84. The molecule has 0 unspecified atom stereocenters. The minimum absolute atomic E-state index is 0.194. The summed E-state index contributed by atoms with van der Waals surface area (Å²) in [6.07, 6.45) is 1.42. The molecule has 0 bridgehead atoms. The fourth-order valence-corrected chi connectivity index (χ4v) is 2.66. The van der Waals surface area contributed by atoms with Gasteiger partial charge in [-0.05, 0) is 64.2 Å². The Labute approximate surface area is 149 Å². The zero-order valence-electron chi connectivity index (χ0n) is 15.5. The summed E-state index contributed by atoms with van der Waals surface area (Å²) in [5.74, 6) is 0.238. The van der Waals surface area contributed by atoms with Crippen LogP contribution in [0, 0.1) is 5.41 Å². The first-order valence-electron chi connectivity index (χ1n) is 8.80. The molecule has 1 aliphatic rings. The number of carbonyl (C=O) groups excluding carboxylic acids is 2. The molecule has 1 saturated heterocycles. The molecule has 0 spiro atoms. The van der Waals surface area contributed by atoms with E-state index in [2.05, 4.69) is 5.32 Å². The van der Waals surface area contributed by atoms with Crippen LogP contribution in [0.2, 0.25) is 0 Å². The van der Waals surface area contributed by atoms with Crippen LogP contribution in [0.3, 0.4) is 0 Å². The van der Waals surface area contributed by atoms with Crippen molar-refractivity contribution >= 4 is 17.7 Å². The number of nitrogens with zero attached hydrogens (tertiary/aromatic N) is 1. The van der Waals surface area contributed by atoms with Crippen LogP contribution in [-0.2, 0) is 14.4 Å². The van der Waals surface area contributed by atoms with Crippen molar-refractivity contribution in [3.63, 3.8) is 0 Å². The average Bonchev–Trinajstić information content (AvgIpc) is 2.55. The molecule has 1 aromatic rings. The molecule has 138 valence electrons. The van der Waals surface area contributed by atoms with Crippen LogP contribution >= 0.6 is 0 Å². The van der Waals surface area contributed by atoms with E-state index >= 15 is 0 Å². The number of carbonyl (C=O) groups is 2. The smallest absolute Gasteiger partial charge is 0.411 e. The van der Waals surface area contributed by atoms with Crippen LogP contribution in [0.15, 0.2) is 24.3 Å². The predicted octanol–water partition coefficient (Wildman–Crippen LogP) is 3.94. The van der Waals surface area contributed by atoms with Crippen molar-refractivity contribution in [1.29, 1.82) is 0 Å². The summed E-state index contributed by atoms with van der Waals surface area (Å²) in [5.41, 5.74) is 1.47. The first-order valence-corrected chi connectivity index (χ1v) is 8.80. The standard InChI is InChI=1S/C19H28N2O4/c1-5-24-18(23)20-16-8-6-14(7-9-16)15-10-12-21(13-11-15)25-17(22)19(2,3)4/h6-9,15H,5,10-13H2,1-4H3,(H,20,23). The molecule has 0 aliphatic carbocycles. The molecule has 1 aliphatic heterocycles. The number of piperidine rings is 1. The van der Waals surface area contributed by atoms with E-state index in [0.717, 1.165) is 31.6 Å². The van der Waals surface area contributed by atoms with Crippen LogP contribution < -0.4 is 5.32 Å². The maximum Gasteiger partial charge on any atom is 0.411 e. The number of anilines is 1. The number of benzene rings is 1. The van der Waals surface area contributed by atoms with Gasteiger partial charge < -0.3 is 9.57 Å². The summed E-state index contributed by atoms with van der Waals surface area (Å²) in [6.45, 7) is 9.15. The lowest BCUT2D eigenvalue weighted by Crippen LogP contribution is -2.38. The largest absolute Gasteiger partial charge is 0.450 e. The molecule has 0 saturated carbocycles. The first-order chi connectivity index (χ1) is 11.8. The van der Waals surface area contributed by atoms with Crippen LogP contribution in [0.4, 0.5) is 10.5 Å². The van der Waals surface area contributed by atoms with Gasteiger partial charge in [-0.2, -0.15) is 0 Å². The third kappa shape index (κ3) is 5.74. The van der Waals surface area contributed by atoms with E-state index in [9.17, 15) is 9.59 Å². The monoisotopic (exact) mass is 348 g/mol. The number of hydrogen-bond donors (Lipinski definition) is 1. The summed E-state index contributed by atoms with van der Waals surface area (Å²) in [7, 11) is 0. The summed E-state index contributed by atoms with van der Waals surface area (Å²) in [5, 5.41) is 4.45. The van der Waals surface area contributed by atoms with Crippen molar-refractivity contribution in [2.45, 2.75) is 46.5 Å². The summed E-state index contributed by atoms with van der Waals surface area (Å²) in [4.78, 5) is 28.8. The fourth-order valence-electron chi connectivity index (χ4n) is 2.66. The molecular formula is C19H28N2O4. The third-order valence-electron chi connectivity index (χ3n) is 4.18. The van der Waals surface area contributed by atoms with Crippen molar-refractivity contribution in [3.05, 3.63) is 29.8 Å². The number of amides is 1. The molecule has 0 radical (unpaired) electrons. The zero-order chi connectivity index (χ0) is 18.4. The highest BCUT2D eigenvalue weighted by Gasteiger charge is 2.28. The van der Waals surface area contributed by atoms with Crippen molar-refractivity contribution in [1.82, 2.24) is 5.06 Å². The molecule has 2 rings (SSSR count). The molecule has 25 heavy (non-hydrogen) atoms. The second-order valence-electron chi connectivity index (χ2n) is 7.30. The second-order valence-corrected chi connectivity index (χ2v) is 7.30. The van der Waals surface area contributed by atoms with E-state index in [-0.39, 0.29) is 5.97 Å². The average molecular weight is 348 g/mol. The van der Waals surface area contributed by atoms with Crippen LogP contribution in [0.5, 0.6) is 0 Å². The topological polar surface area (TPSA) is 67.9 Å². The van der Waals surface area contributed by atoms with E-state index in [4.69, 9.17) is 9.57 Å². The Morgan fingerprint density at radius 1 is 1.16 bits per heavy atom.